The molecular formula is C29H30BClN2O3S. The van der Waals surface area contributed by atoms with Gasteiger partial charge in [-0.1, -0.05) is 24.1 Å². The molecule has 2 fully saturated rings. The van der Waals surface area contributed by atoms with E-state index in [9.17, 15) is 0 Å². The molecule has 1 atom stereocenters. The minimum absolute atomic E-state index is 0.305. The van der Waals surface area contributed by atoms with Crippen LogP contribution < -0.4 is 10.2 Å². The Morgan fingerprint density at radius 2 is 1.81 bits per heavy atom. The number of thiazole rings is 1. The normalized spacial score (nSPS) is 22.0. The summed E-state index contributed by atoms with van der Waals surface area (Å²) in [5, 5.41) is 3.05. The van der Waals surface area contributed by atoms with Crippen LogP contribution in [-0.4, -0.2) is 27.9 Å². The third-order valence-electron chi connectivity index (χ3n) is 8.62. The van der Waals surface area contributed by atoms with E-state index in [1.165, 1.54) is 24.3 Å². The fourth-order valence-electron chi connectivity index (χ4n) is 5.59. The van der Waals surface area contributed by atoms with Gasteiger partial charge in [0.15, 0.2) is 0 Å². The molecular weight excluding hydrogens is 503 g/mol. The summed E-state index contributed by atoms with van der Waals surface area (Å²) in [6, 6.07) is 12.6. The monoisotopic (exact) mass is 532 g/mol. The quantitative estimate of drug-likeness (QED) is 0.261. The number of nitrogens with zero attached hydrogens (tertiary/aromatic N) is 2. The molecule has 2 aliphatic heterocycles. The van der Waals surface area contributed by atoms with Gasteiger partial charge in [-0.3, -0.25) is 4.57 Å². The second kappa shape index (κ2) is 8.09. The van der Waals surface area contributed by atoms with Gasteiger partial charge in [-0.05, 0) is 88.8 Å². The number of ether oxygens (including phenoxy) is 1. The Morgan fingerprint density at radius 3 is 2.51 bits per heavy atom. The molecule has 1 saturated heterocycles. The summed E-state index contributed by atoms with van der Waals surface area (Å²) in [5.74, 6) is 1.43. The van der Waals surface area contributed by atoms with E-state index >= 15 is 0 Å². The summed E-state index contributed by atoms with van der Waals surface area (Å²) in [6.45, 7) is 10.5. The fourth-order valence-corrected chi connectivity index (χ4v) is 6.88. The summed E-state index contributed by atoms with van der Waals surface area (Å²) in [6.07, 6.45) is 5.45. The van der Waals surface area contributed by atoms with E-state index in [1.54, 1.807) is 11.3 Å². The van der Waals surface area contributed by atoms with Gasteiger partial charge in [-0.25, -0.2) is 4.98 Å². The van der Waals surface area contributed by atoms with Gasteiger partial charge in [0, 0.05) is 28.1 Å². The van der Waals surface area contributed by atoms with Crippen molar-refractivity contribution < 1.29 is 14.0 Å². The molecule has 0 radical (unpaired) electrons. The van der Waals surface area contributed by atoms with Crippen LogP contribution in [0.4, 0.5) is 0 Å². The summed E-state index contributed by atoms with van der Waals surface area (Å²) < 4.78 is 21.9. The molecule has 190 valence electrons. The van der Waals surface area contributed by atoms with Crippen molar-refractivity contribution in [2.75, 3.05) is 0 Å². The van der Waals surface area contributed by atoms with Crippen LogP contribution >= 0.6 is 22.9 Å². The molecule has 8 heteroatoms. The first-order valence-corrected chi connectivity index (χ1v) is 14.2. The highest BCUT2D eigenvalue weighted by molar-refractivity contribution is 7.11. The maximum atomic E-state index is 6.86. The minimum Gasteiger partial charge on any atom is -0.464 e. The van der Waals surface area contributed by atoms with Crippen LogP contribution in [-0.2, 0) is 9.31 Å². The number of rotatable bonds is 3. The molecule has 2 aromatic heterocycles. The topological polar surface area (TPSA) is 45.5 Å². The number of hydrogen-bond acceptors (Lipinski definition) is 5. The predicted octanol–water partition coefficient (Wildman–Crippen LogP) is 7.23. The van der Waals surface area contributed by atoms with Crippen molar-refractivity contribution in [2.24, 2.45) is 0 Å². The first-order chi connectivity index (χ1) is 17.6. The van der Waals surface area contributed by atoms with Crippen molar-refractivity contribution in [1.29, 1.82) is 0 Å². The van der Waals surface area contributed by atoms with Gasteiger partial charge < -0.3 is 14.0 Å². The highest BCUT2D eigenvalue weighted by atomic mass is 35.5. The molecule has 0 amide bonds. The highest BCUT2D eigenvalue weighted by Gasteiger charge is 2.52. The van der Waals surface area contributed by atoms with E-state index in [0.717, 1.165) is 48.8 Å². The lowest BCUT2D eigenvalue weighted by molar-refractivity contribution is 0.00578. The molecule has 37 heavy (non-hydrogen) atoms. The van der Waals surface area contributed by atoms with Crippen LogP contribution in [0.3, 0.4) is 0 Å². The molecule has 1 unspecified atom stereocenters. The van der Waals surface area contributed by atoms with Crippen LogP contribution in [0, 0.1) is 6.92 Å². The Bertz CT molecular complexity index is 1540. The lowest BCUT2D eigenvalue weighted by Crippen LogP contribution is -2.41. The summed E-state index contributed by atoms with van der Waals surface area (Å²) >= 11 is 8.17. The molecule has 3 aliphatic rings. The second-order valence-electron chi connectivity index (χ2n) is 11.6. The van der Waals surface area contributed by atoms with Gasteiger partial charge in [-0.15, -0.1) is 11.3 Å². The summed E-state index contributed by atoms with van der Waals surface area (Å²) in [5.41, 5.74) is 4.60. The first-order valence-electron chi connectivity index (χ1n) is 13.0. The maximum Gasteiger partial charge on any atom is 0.494 e. The SMILES string of the molecule is Cc1cc(B2OC(C)(C)C(C)(C)O2)cc2c1-c1cc3cc(Cl)ccc3n1C(c1cnc(C3CCC3)s1)O2. The van der Waals surface area contributed by atoms with Gasteiger partial charge >= 0.3 is 7.12 Å². The van der Waals surface area contributed by atoms with Gasteiger partial charge in [0.2, 0.25) is 6.23 Å². The average Bonchev–Trinajstić information content (AvgIpc) is 3.46. The molecule has 7 rings (SSSR count). The Kier molecular flexibility index (Phi) is 5.20. The molecule has 1 saturated carbocycles. The maximum absolute atomic E-state index is 6.86. The lowest BCUT2D eigenvalue weighted by atomic mass is 9.77. The van der Waals surface area contributed by atoms with Crippen molar-refractivity contribution in [3.8, 4) is 17.0 Å². The molecule has 5 nitrogen and oxygen atoms in total. The summed E-state index contributed by atoms with van der Waals surface area (Å²) in [7, 11) is -0.448. The fraction of sp³-hybridized carbons (Fsp3) is 0.414. The number of aromatic nitrogens is 2. The molecule has 4 aromatic rings. The van der Waals surface area contributed by atoms with Gasteiger partial charge in [0.25, 0.3) is 0 Å². The zero-order valence-electron chi connectivity index (χ0n) is 21.8. The van der Waals surface area contributed by atoms with Crippen molar-refractivity contribution >= 4 is 46.4 Å². The zero-order valence-corrected chi connectivity index (χ0v) is 23.4. The standard InChI is InChI=1S/C29H30BClN2O3S/c1-16-11-19(30-35-28(2,3)29(4,5)36-30)14-23-25(16)22-13-18-12-20(31)9-10-21(18)33(22)27(34-23)24-15-32-26(37-24)17-7-6-8-17/h9-15,17,27H,6-8H2,1-5H3. The van der Waals surface area contributed by atoms with Gasteiger partial charge in [0.1, 0.15) is 5.75 Å². The zero-order chi connectivity index (χ0) is 25.7. The predicted molar refractivity (Wildman–Crippen MR) is 150 cm³/mol. The number of halogens is 1. The largest absolute Gasteiger partial charge is 0.494 e. The molecule has 2 aromatic carbocycles. The van der Waals surface area contributed by atoms with E-state index in [-0.39, 0.29) is 6.23 Å². The van der Waals surface area contributed by atoms with Crippen LogP contribution in [0.2, 0.25) is 5.02 Å². The highest BCUT2D eigenvalue weighted by Crippen LogP contribution is 2.48. The third kappa shape index (κ3) is 3.62. The molecule has 0 N–H and O–H groups in total. The van der Waals surface area contributed by atoms with Crippen molar-refractivity contribution in [1.82, 2.24) is 9.55 Å². The number of benzene rings is 2. The first kappa shape index (κ1) is 23.8. The molecule has 4 heterocycles. The van der Waals surface area contributed by atoms with Crippen LogP contribution in [0.1, 0.15) is 74.6 Å². The van der Waals surface area contributed by atoms with E-state index < -0.39 is 18.3 Å². The Labute approximate surface area is 226 Å². The van der Waals surface area contributed by atoms with E-state index in [4.69, 9.17) is 30.6 Å². The molecule has 1 aliphatic carbocycles. The van der Waals surface area contributed by atoms with Crippen LogP contribution in [0.25, 0.3) is 22.2 Å². The van der Waals surface area contributed by atoms with Crippen LogP contribution in [0.5, 0.6) is 5.75 Å². The number of hydrogen-bond donors (Lipinski definition) is 0. The van der Waals surface area contributed by atoms with Crippen molar-refractivity contribution in [3.05, 3.63) is 63.1 Å². The van der Waals surface area contributed by atoms with Gasteiger partial charge in [-0.2, -0.15) is 0 Å². The third-order valence-corrected chi connectivity index (χ3v) is 10.0. The van der Waals surface area contributed by atoms with E-state index in [0.29, 0.717) is 5.92 Å². The minimum atomic E-state index is -0.448. The summed E-state index contributed by atoms with van der Waals surface area (Å²) in [4.78, 5) is 5.93. The Morgan fingerprint density at radius 1 is 1.05 bits per heavy atom. The van der Waals surface area contributed by atoms with Gasteiger partial charge in [0.05, 0.1) is 32.3 Å². The molecule has 0 bridgehead atoms. The van der Waals surface area contributed by atoms with E-state index in [1.807, 2.05) is 18.3 Å². The smallest absolute Gasteiger partial charge is 0.464 e. The van der Waals surface area contributed by atoms with Crippen molar-refractivity contribution in [3.63, 3.8) is 0 Å². The van der Waals surface area contributed by atoms with Crippen LogP contribution in [0.15, 0.2) is 42.6 Å². The Hall–Kier alpha value is -2.32. The second-order valence-corrected chi connectivity index (χ2v) is 13.1. The average molecular weight is 533 g/mol. The van der Waals surface area contributed by atoms with Crippen molar-refractivity contribution in [2.45, 2.75) is 77.2 Å². The van der Waals surface area contributed by atoms with E-state index in [2.05, 4.69) is 63.5 Å². The molecule has 0 spiro atoms. The number of fused-ring (bicyclic) bond motifs is 5. The lowest BCUT2D eigenvalue weighted by Gasteiger charge is -2.32. The Balaban J connectivity index is 1.38. The number of aryl methyl sites for hydroxylation is 1.